The van der Waals surface area contributed by atoms with Gasteiger partial charge in [0.05, 0.1) is 37.5 Å². The third-order valence-electron chi connectivity index (χ3n) is 5.68. The number of rotatable bonds is 7. The van der Waals surface area contributed by atoms with Crippen molar-refractivity contribution in [1.29, 1.82) is 0 Å². The Morgan fingerprint density at radius 1 is 1.25 bits per heavy atom. The molecule has 4 rings (SSSR count). The number of allylic oxidation sites excluding steroid dienone is 1. The van der Waals surface area contributed by atoms with Gasteiger partial charge in [0, 0.05) is 5.70 Å². The largest absolute Gasteiger partial charge is 0.467 e. The van der Waals surface area contributed by atoms with Gasteiger partial charge in [-0.15, -0.1) is 0 Å². The number of furan rings is 1. The van der Waals surface area contributed by atoms with Crippen molar-refractivity contribution in [2.45, 2.75) is 46.0 Å². The first-order valence-electron chi connectivity index (χ1n) is 11.2. The zero-order valence-electron chi connectivity index (χ0n) is 19.8. The molecule has 0 fully saturated rings. The number of thioether (sulfide) groups is 1. The molecule has 36 heavy (non-hydrogen) atoms. The summed E-state index contributed by atoms with van der Waals surface area (Å²) >= 11 is 0.977. The molecule has 2 aliphatic rings. The molecular weight excluding hydrogens is 495 g/mol. The summed E-state index contributed by atoms with van der Waals surface area (Å²) in [4.78, 5) is 31.1. The van der Waals surface area contributed by atoms with Gasteiger partial charge in [0.15, 0.2) is 10.9 Å². The molecule has 1 N–H and O–H groups in total. The van der Waals surface area contributed by atoms with Crippen molar-refractivity contribution in [2.24, 2.45) is 4.99 Å². The Hall–Kier alpha value is -3.47. The molecule has 1 atom stereocenters. The number of esters is 1. The van der Waals surface area contributed by atoms with Crippen molar-refractivity contribution >= 4 is 28.8 Å². The molecule has 11 heteroatoms. The molecule has 0 aliphatic carbocycles. The first-order chi connectivity index (χ1) is 17.1. The van der Waals surface area contributed by atoms with E-state index in [4.69, 9.17) is 9.15 Å². The number of benzene rings is 1. The topological polar surface area (TPSA) is 84.1 Å². The molecule has 2 aliphatic heterocycles. The Kier molecular flexibility index (Phi) is 7.30. The third kappa shape index (κ3) is 5.20. The number of aryl methyl sites for hydroxylation is 2. The number of alkyl halides is 3. The van der Waals surface area contributed by atoms with E-state index in [9.17, 15) is 22.8 Å². The van der Waals surface area contributed by atoms with Crippen molar-refractivity contribution in [3.8, 4) is 0 Å². The van der Waals surface area contributed by atoms with Crippen LogP contribution < -0.4 is 5.32 Å². The van der Waals surface area contributed by atoms with Gasteiger partial charge in [0.25, 0.3) is 0 Å². The Morgan fingerprint density at radius 2 is 2.03 bits per heavy atom. The fraction of sp³-hybridized carbons (Fsp3) is 0.320. The number of carbonyl (C=O) groups is 2. The fourth-order valence-electron chi connectivity index (χ4n) is 4.06. The number of nitrogens with one attached hydrogen (secondary N) is 1. The number of ether oxygens (including phenoxy) is 1. The molecule has 1 unspecified atom stereocenters. The van der Waals surface area contributed by atoms with Gasteiger partial charge < -0.3 is 19.4 Å². The number of hydrogen-bond acceptors (Lipinski definition) is 7. The molecule has 0 bridgehead atoms. The summed E-state index contributed by atoms with van der Waals surface area (Å²) in [5, 5.41) is 4.36. The summed E-state index contributed by atoms with van der Waals surface area (Å²) in [5.74, 6) is -0.895. The number of hydrogen-bond donors (Lipinski definition) is 1. The summed E-state index contributed by atoms with van der Waals surface area (Å²) in [7, 11) is 0. The zero-order valence-corrected chi connectivity index (χ0v) is 20.6. The van der Waals surface area contributed by atoms with Gasteiger partial charge in [-0.05, 0) is 49.4 Å². The maximum Gasteiger partial charge on any atom is 0.434 e. The van der Waals surface area contributed by atoms with Crippen LogP contribution in [0.25, 0.3) is 0 Å². The van der Waals surface area contributed by atoms with Crippen molar-refractivity contribution in [1.82, 2.24) is 10.2 Å². The predicted molar refractivity (Wildman–Crippen MR) is 128 cm³/mol. The van der Waals surface area contributed by atoms with Gasteiger partial charge in [-0.25, -0.2) is 9.79 Å². The standard InChI is InChI=1S/C25H24F3N3O4S/c1-4-34-23(33)20-21(18-10-14(2)7-8-15(18)3)31-16(11-19(32)29-12-17-6-5-9-35-17)13-36-24(31)30-22(20)25(26,27)28/h5-10,13,21H,4,11-12H2,1-3H3,(H,29,32). The van der Waals surface area contributed by atoms with Crippen LogP contribution in [0.5, 0.6) is 0 Å². The molecular formula is C25H24F3N3O4S. The predicted octanol–water partition coefficient (Wildman–Crippen LogP) is 5.28. The van der Waals surface area contributed by atoms with E-state index >= 15 is 0 Å². The Balaban J connectivity index is 1.76. The molecule has 1 aromatic carbocycles. The monoisotopic (exact) mass is 519 g/mol. The van der Waals surface area contributed by atoms with E-state index in [1.54, 1.807) is 36.6 Å². The molecule has 0 spiro atoms. The SMILES string of the molecule is CCOC(=O)C1=C(C(F)(F)F)N=C2SC=C(CC(=O)NCc3ccco3)N2C1c1cc(C)ccc1C. The number of amidine groups is 1. The van der Waals surface area contributed by atoms with Crippen molar-refractivity contribution in [3.05, 3.63) is 81.4 Å². The van der Waals surface area contributed by atoms with Crippen LogP contribution in [0.1, 0.15) is 41.8 Å². The maximum atomic E-state index is 14.2. The van der Waals surface area contributed by atoms with E-state index in [2.05, 4.69) is 10.3 Å². The van der Waals surface area contributed by atoms with Gasteiger partial charge in [-0.1, -0.05) is 35.5 Å². The van der Waals surface area contributed by atoms with Gasteiger partial charge in [0.2, 0.25) is 5.91 Å². The fourth-order valence-corrected chi connectivity index (χ4v) is 4.98. The van der Waals surface area contributed by atoms with E-state index in [1.165, 1.54) is 18.1 Å². The van der Waals surface area contributed by atoms with Gasteiger partial charge in [0.1, 0.15) is 5.76 Å². The van der Waals surface area contributed by atoms with Crippen molar-refractivity contribution in [2.75, 3.05) is 6.61 Å². The molecule has 3 heterocycles. The number of nitrogens with zero attached hydrogens (tertiary/aromatic N) is 2. The van der Waals surface area contributed by atoms with Crippen LogP contribution in [0.3, 0.4) is 0 Å². The number of amides is 1. The molecule has 0 saturated heterocycles. The zero-order chi connectivity index (χ0) is 26.0. The van der Waals surface area contributed by atoms with Gasteiger partial charge >= 0.3 is 12.1 Å². The highest BCUT2D eigenvalue weighted by atomic mass is 32.2. The van der Waals surface area contributed by atoms with E-state index in [1.807, 2.05) is 13.0 Å². The minimum Gasteiger partial charge on any atom is -0.467 e. The molecule has 0 saturated carbocycles. The lowest BCUT2D eigenvalue weighted by Crippen LogP contribution is -2.40. The average molecular weight is 520 g/mol. The minimum atomic E-state index is -4.89. The van der Waals surface area contributed by atoms with Crippen LogP contribution in [0.15, 0.2) is 68.4 Å². The Morgan fingerprint density at radius 3 is 2.69 bits per heavy atom. The van der Waals surface area contributed by atoms with Crippen LogP contribution in [-0.2, 0) is 20.9 Å². The smallest absolute Gasteiger partial charge is 0.434 e. The average Bonchev–Trinajstić information content (AvgIpc) is 3.48. The highest BCUT2D eigenvalue weighted by molar-refractivity contribution is 8.16. The van der Waals surface area contributed by atoms with E-state index in [-0.39, 0.29) is 30.6 Å². The summed E-state index contributed by atoms with van der Waals surface area (Å²) < 4.78 is 52.8. The summed E-state index contributed by atoms with van der Waals surface area (Å²) in [5.41, 5.74) is 0.522. The normalized spacial score (nSPS) is 17.5. The summed E-state index contributed by atoms with van der Waals surface area (Å²) in [6.45, 7) is 5.17. The second kappa shape index (κ2) is 10.3. The number of fused-ring (bicyclic) bond motifs is 1. The highest BCUT2D eigenvalue weighted by Crippen LogP contribution is 2.48. The van der Waals surface area contributed by atoms with E-state index < -0.39 is 29.5 Å². The second-order valence-corrected chi connectivity index (χ2v) is 9.10. The Labute approximate surface area is 210 Å². The highest BCUT2D eigenvalue weighted by Gasteiger charge is 2.49. The number of carbonyl (C=O) groups excluding carboxylic acids is 2. The van der Waals surface area contributed by atoms with Crippen molar-refractivity contribution < 1.29 is 31.9 Å². The lowest BCUT2D eigenvalue weighted by atomic mass is 9.89. The van der Waals surface area contributed by atoms with Crippen LogP contribution >= 0.6 is 11.8 Å². The molecule has 1 aromatic heterocycles. The van der Waals surface area contributed by atoms with Gasteiger partial charge in [-0.2, -0.15) is 13.2 Å². The van der Waals surface area contributed by atoms with Crippen LogP contribution in [0.4, 0.5) is 13.2 Å². The number of halogens is 3. The third-order valence-corrected chi connectivity index (χ3v) is 6.57. The number of aliphatic imine (C=N–C) groups is 1. The molecule has 2 aromatic rings. The minimum absolute atomic E-state index is 0.0371. The van der Waals surface area contributed by atoms with Gasteiger partial charge in [-0.3, -0.25) is 4.79 Å². The van der Waals surface area contributed by atoms with Crippen LogP contribution in [0.2, 0.25) is 0 Å². The van der Waals surface area contributed by atoms with E-state index in [0.29, 0.717) is 22.6 Å². The first kappa shape index (κ1) is 25.6. The Bertz CT molecular complexity index is 1270. The second-order valence-electron chi connectivity index (χ2n) is 8.27. The van der Waals surface area contributed by atoms with Crippen molar-refractivity contribution in [3.63, 3.8) is 0 Å². The lowest BCUT2D eigenvalue weighted by Gasteiger charge is -2.37. The van der Waals surface area contributed by atoms with E-state index in [0.717, 1.165) is 17.3 Å². The first-order valence-corrected chi connectivity index (χ1v) is 12.1. The lowest BCUT2D eigenvalue weighted by molar-refractivity contribution is -0.140. The molecule has 190 valence electrons. The molecule has 1 amide bonds. The maximum absolute atomic E-state index is 14.2. The van der Waals surface area contributed by atoms with Crippen LogP contribution in [0, 0.1) is 13.8 Å². The summed E-state index contributed by atoms with van der Waals surface area (Å²) in [6, 6.07) is 7.61. The molecule has 0 radical (unpaired) electrons. The van der Waals surface area contributed by atoms with Crippen LogP contribution in [-0.4, -0.2) is 34.7 Å². The quantitative estimate of drug-likeness (QED) is 0.501. The summed E-state index contributed by atoms with van der Waals surface area (Å²) in [6.07, 6.45) is -3.53. The molecule has 7 nitrogen and oxygen atoms in total.